The molecule has 0 aliphatic carbocycles. The Morgan fingerprint density at radius 2 is 1.65 bits per heavy atom. The predicted octanol–water partition coefficient (Wildman–Crippen LogP) is 3.47. The second kappa shape index (κ2) is 4.08. The molecular weight excluding hydrogens is 231 g/mol. The summed E-state index contributed by atoms with van der Waals surface area (Å²) < 4.78 is 38.2. The van der Waals surface area contributed by atoms with Crippen molar-refractivity contribution in [3.05, 3.63) is 48.3 Å². The van der Waals surface area contributed by atoms with Crippen LogP contribution in [0.15, 0.2) is 42.7 Å². The predicted molar refractivity (Wildman–Crippen MR) is 56.3 cm³/mol. The highest BCUT2D eigenvalue weighted by Gasteiger charge is 2.33. The molecule has 0 saturated heterocycles. The van der Waals surface area contributed by atoms with Crippen LogP contribution in [-0.2, 0) is 6.18 Å². The van der Waals surface area contributed by atoms with Gasteiger partial charge in [-0.15, -0.1) is 0 Å². The molecule has 0 fully saturated rings. The van der Waals surface area contributed by atoms with Crippen molar-refractivity contribution in [3.63, 3.8) is 0 Å². The molecule has 2 aromatic rings. The Kier molecular flexibility index (Phi) is 2.75. The van der Waals surface area contributed by atoms with Gasteiger partial charge in [-0.25, -0.2) is 0 Å². The molecule has 1 aromatic carbocycles. The fourth-order valence-corrected chi connectivity index (χ4v) is 1.51. The van der Waals surface area contributed by atoms with Crippen molar-refractivity contribution in [2.75, 3.05) is 0 Å². The first kappa shape index (κ1) is 11.4. The van der Waals surface area contributed by atoms with Gasteiger partial charge in [0.2, 0.25) is 0 Å². The van der Waals surface area contributed by atoms with Gasteiger partial charge in [-0.3, -0.25) is 4.98 Å². The molecule has 0 amide bonds. The number of nitrogens with zero attached hydrogens (tertiary/aromatic N) is 1. The van der Waals surface area contributed by atoms with Crippen LogP contribution in [-0.4, -0.2) is 10.1 Å². The summed E-state index contributed by atoms with van der Waals surface area (Å²) in [6, 6.07) is 6.44. The highest BCUT2D eigenvalue weighted by molar-refractivity contribution is 5.67. The van der Waals surface area contributed by atoms with E-state index >= 15 is 0 Å². The second-order valence-corrected chi connectivity index (χ2v) is 3.47. The average molecular weight is 239 g/mol. The largest absolute Gasteiger partial charge is 0.508 e. The molecule has 0 aliphatic rings. The molecule has 0 unspecified atom stereocenters. The van der Waals surface area contributed by atoms with Crippen molar-refractivity contribution in [3.8, 4) is 16.9 Å². The van der Waals surface area contributed by atoms with Crippen molar-refractivity contribution in [2.24, 2.45) is 0 Å². The van der Waals surface area contributed by atoms with Gasteiger partial charge in [-0.1, -0.05) is 12.1 Å². The van der Waals surface area contributed by atoms with E-state index in [4.69, 9.17) is 5.11 Å². The molecule has 0 radical (unpaired) electrons. The Morgan fingerprint density at radius 1 is 1.00 bits per heavy atom. The van der Waals surface area contributed by atoms with E-state index in [1.165, 1.54) is 24.3 Å². The van der Waals surface area contributed by atoms with Gasteiger partial charge in [0.25, 0.3) is 0 Å². The van der Waals surface area contributed by atoms with Gasteiger partial charge in [-0.2, -0.15) is 13.2 Å². The minimum Gasteiger partial charge on any atom is -0.508 e. The molecule has 5 heteroatoms. The van der Waals surface area contributed by atoms with Crippen molar-refractivity contribution in [1.29, 1.82) is 0 Å². The van der Waals surface area contributed by atoms with Gasteiger partial charge >= 0.3 is 6.18 Å². The van der Waals surface area contributed by atoms with E-state index in [0.29, 0.717) is 5.56 Å². The van der Waals surface area contributed by atoms with E-state index in [2.05, 4.69) is 4.98 Å². The maximum atomic E-state index is 12.7. The summed E-state index contributed by atoms with van der Waals surface area (Å²) in [5.41, 5.74) is -0.374. The zero-order valence-corrected chi connectivity index (χ0v) is 8.57. The van der Waals surface area contributed by atoms with Gasteiger partial charge in [0.05, 0.1) is 5.56 Å². The molecular formula is C12H8F3NO. The molecule has 0 spiro atoms. The summed E-state index contributed by atoms with van der Waals surface area (Å²) in [7, 11) is 0. The third kappa shape index (κ3) is 2.38. The van der Waals surface area contributed by atoms with E-state index < -0.39 is 11.7 Å². The van der Waals surface area contributed by atoms with Crippen LogP contribution < -0.4 is 0 Å². The second-order valence-electron chi connectivity index (χ2n) is 3.47. The van der Waals surface area contributed by atoms with Crippen LogP contribution in [0.3, 0.4) is 0 Å². The zero-order valence-electron chi connectivity index (χ0n) is 8.57. The summed E-state index contributed by atoms with van der Waals surface area (Å²) >= 11 is 0. The number of aromatic hydroxyl groups is 1. The third-order valence-corrected chi connectivity index (χ3v) is 2.30. The standard InChI is InChI=1S/C12H8F3NO/c13-12(14,15)11-5-6-16-7-10(11)8-1-3-9(17)4-2-8/h1-7,17H. The first-order valence-electron chi connectivity index (χ1n) is 4.79. The highest BCUT2D eigenvalue weighted by atomic mass is 19.4. The summed E-state index contributed by atoms with van der Waals surface area (Å²) in [6.07, 6.45) is -2.15. The quantitative estimate of drug-likeness (QED) is 0.826. The number of alkyl halides is 3. The summed E-state index contributed by atoms with van der Waals surface area (Å²) in [6.45, 7) is 0. The molecule has 2 nitrogen and oxygen atoms in total. The van der Waals surface area contributed by atoms with Crippen molar-refractivity contribution >= 4 is 0 Å². The Balaban J connectivity index is 2.56. The molecule has 0 aliphatic heterocycles. The van der Waals surface area contributed by atoms with Crippen LogP contribution in [0.4, 0.5) is 13.2 Å². The number of hydrogen-bond donors (Lipinski definition) is 1. The van der Waals surface area contributed by atoms with Crippen LogP contribution in [0.1, 0.15) is 5.56 Å². The monoisotopic (exact) mass is 239 g/mol. The van der Waals surface area contributed by atoms with Crippen molar-refractivity contribution in [2.45, 2.75) is 6.18 Å². The molecule has 1 N–H and O–H groups in total. The number of aromatic nitrogens is 1. The Labute approximate surface area is 95.4 Å². The molecule has 0 saturated carbocycles. The fourth-order valence-electron chi connectivity index (χ4n) is 1.51. The fraction of sp³-hybridized carbons (Fsp3) is 0.0833. The summed E-state index contributed by atoms with van der Waals surface area (Å²) in [4.78, 5) is 3.70. The average Bonchev–Trinajstić information content (AvgIpc) is 2.29. The number of benzene rings is 1. The maximum Gasteiger partial charge on any atom is 0.417 e. The lowest BCUT2D eigenvalue weighted by molar-refractivity contribution is -0.137. The molecule has 2 rings (SSSR count). The van der Waals surface area contributed by atoms with Crippen molar-refractivity contribution < 1.29 is 18.3 Å². The smallest absolute Gasteiger partial charge is 0.417 e. The molecule has 88 valence electrons. The van der Waals surface area contributed by atoms with E-state index in [0.717, 1.165) is 18.5 Å². The summed E-state index contributed by atoms with van der Waals surface area (Å²) in [5.74, 6) is 0.00574. The van der Waals surface area contributed by atoms with E-state index in [9.17, 15) is 13.2 Å². The van der Waals surface area contributed by atoms with Crippen LogP contribution in [0.2, 0.25) is 0 Å². The lowest BCUT2D eigenvalue weighted by atomic mass is 10.0. The van der Waals surface area contributed by atoms with Crippen LogP contribution >= 0.6 is 0 Å². The Morgan fingerprint density at radius 3 is 2.24 bits per heavy atom. The van der Waals surface area contributed by atoms with Gasteiger partial charge < -0.3 is 5.11 Å². The molecule has 17 heavy (non-hydrogen) atoms. The third-order valence-electron chi connectivity index (χ3n) is 2.30. The first-order chi connectivity index (χ1) is 7.98. The number of phenolic OH excluding ortho intramolecular Hbond substituents is 1. The number of halogens is 3. The SMILES string of the molecule is Oc1ccc(-c2cnccc2C(F)(F)F)cc1. The van der Waals surface area contributed by atoms with Gasteiger partial charge in [-0.05, 0) is 23.8 Å². The normalized spacial score (nSPS) is 11.5. The van der Waals surface area contributed by atoms with Crippen LogP contribution in [0.5, 0.6) is 5.75 Å². The van der Waals surface area contributed by atoms with Crippen LogP contribution in [0.25, 0.3) is 11.1 Å². The number of phenols is 1. The van der Waals surface area contributed by atoms with Gasteiger partial charge in [0.15, 0.2) is 0 Å². The highest BCUT2D eigenvalue weighted by Crippen LogP contribution is 2.36. The number of rotatable bonds is 1. The molecule has 0 atom stereocenters. The lowest BCUT2D eigenvalue weighted by Gasteiger charge is -2.12. The number of pyridine rings is 1. The zero-order chi connectivity index (χ0) is 12.5. The first-order valence-corrected chi connectivity index (χ1v) is 4.79. The summed E-state index contributed by atoms with van der Waals surface area (Å²) in [5, 5.41) is 9.09. The molecule has 1 heterocycles. The topological polar surface area (TPSA) is 33.1 Å². The van der Waals surface area contributed by atoms with E-state index in [1.807, 2.05) is 0 Å². The Bertz CT molecular complexity index is 520. The van der Waals surface area contributed by atoms with Crippen LogP contribution in [0, 0.1) is 0 Å². The van der Waals surface area contributed by atoms with E-state index in [1.54, 1.807) is 0 Å². The van der Waals surface area contributed by atoms with Gasteiger partial charge in [0, 0.05) is 18.0 Å². The lowest BCUT2D eigenvalue weighted by Crippen LogP contribution is -2.07. The van der Waals surface area contributed by atoms with E-state index in [-0.39, 0.29) is 11.3 Å². The molecule has 0 bridgehead atoms. The molecule has 1 aromatic heterocycles. The number of hydrogen-bond acceptors (Lipinski definition) is 2. The Hall–Kier alpha value is -2.04. The van der Waals surface area contributed by atoms with Gasteiger partial charge in [0.1, 0.15) is 5.75 Å². The minimum atomic E-state index is -4.42. The minimum absolute atomic E-state index is 0.000000000000000444. The van der Waals surface area contributed by atoms with Crippen molar-refractivity contribution in [1.82, 2.24) is 4.98 Å². The maximum absolute atomic E-state index is 12.7.